The number of rotatable bonds is 5. The van der Waals surface area contributed by atoms with Crippen molar-refractivity contribution in [2.45, 2.75) is 12.5 Å². The summed E-state index contributed by atoms with van der Waals surface area (Å²) in [6.07, 6.45) is 4.45. The van der Waals surface area contributed by atoms with Gasteiger partial charge in [0.2, 0.25) is 5.65 Å². The van der Waals surface area contributed by atoms with E-state index < -0.39 is 11.9 Å². The number of fused-ring (bicyclic) bond motifs is 4. The molecule has 3 heterocycles. The maximum absolute atomic E-state index is 13.3. The Balaban J connectivity index is 1.31. The third kappa shape index (κ3) is 2.92. The summed E-state index contributed by atoms with van der Waals surface area (Å²) >= 11 is 0. The van der Waals surface area contributed by atoms with E-state index in [1.165, 1.54) is 17.4 Å². The Hall–Kier alpha value is -4.46. The zero-order chi connectivity index (χ0) is 21.5. The van der Waals surface area contributed by atoms with Crippen molar-refractivity contribution in [1.29, 1.82) is 0 Å². The summed E-state index contributed by atoms with van der Waals surface area (Å²) in [7, 11) is 0. The summed E-state index contributed by atoms with van der Waals surface area (Å²) in [5.74, 6) is 0.377. The number of furan rings is 1. The minimum atomic E-state index is -0.516. The maximum atomic E-state index is 13.3. The van der Waals surface area contributed by atoms with Gasteiger partial charge < -0.3 is 14.6 Å². The van der Waals surface area contributed by atoms with E-state index in [0.29, 0.717) is 23.5 Å². The Morgan fingerprint density at radius 3 is 2.44 bits per heavy atom. The zero-order valence-electron chi connectivity index (χ0n) is 16.8. The first-order valence-electron chi connectivity index (χ1n) is 10.1. The number of aromatic nitrogens is 4. The van der Waals surface area contributed by atoms with E-state index in [2.05, 4.69) is 20.3 Å². The predicted molar refractivity (Wildman–Crippen MR) is 117 cm³/mol. The van der Waals surface area contributed by atoms with Crippen molar-refractivity contribution < 1.29 is 14.0 Å². The van der Waals surface area contributed by atoms with E-state index in [1.54, 1.807) is 6.26 Å². The second-order valence-corrected chi connectivity index (χ2v) is 7.42. The monoisotopic (exact) mass is 423 g/mol. The van der Waals surface area contributed by atoms with E-state index in [0.717, 1.165) is 28.0 Å². The van der Waals surface area contributed by atoms with Gasteiger partial charge in [0.25, 0.3) is 0 Å². The molecule has 0 saturated heterocycles. The highest BCUT2D eigenvalue weighted by molar-refractivity contribution is 5.94. The molecule has 8 heteroatoms. The Labute approximate surface area is 182 Å². The van der Waals surface area contributed by atoms with Gasteiger partial charge in [-0.15, -0.1) is 4.73 Å². The molecule has 0 spiro atoms. The number of imidazole rings is 1. The summed E-state index contributed by atoms with van der Waals surface area (Å²) < 4.78 is 6.63. The lowest BCUT2D eigenvalue weighted by atomic mass is 9.97. The maximum Gasteiger partial charge on any atom is 0.344 e. The number of nitrogens with one attached hydrogen (secondary N) is 1. The zero-order valence-corrected chi connectivity index (χ0v) is 16.8. The lowest BCUT2D eigenvalue weighted by Gasteiger charge is -2.13. The van der Waals surface area contributed by atoms with Crippen molar-refractivity contribution in [3.63, 3.8) is 0 Å². The van der Waals surface area contributed by atoms with Crippen LogP contribution in [0.5, 0.6) is 0 Å². The Bertz CT molecular complexity index is 1400. The van der Waals surface area contributed by atoms with Gasteiger partial charge in [-0.05, 0) is 34.4 Å². The van der Waals surface area contributed by atoms with Crippen molar-refractivity contribution in [3.05, 3.63) is 96.5 Å². The van der Waals surface area contributed by atoms with Crippen LogP contribution in [-0.2, 0) is 11.3 Å². The van der Waals surface area contributed by atoms with Crippen molar-refractivity contribution in [2.75, 3.05) is 5.32 Å². The van der Waals surface area contributed by atoms with Crippen LogP contribution in [0.1, 0.15) is 22.8 Å². The molecule has 0 bridgehead atoms. The van der Waals surface area contributed by atoms with E-state index in [9.17, 15) is 4.79 Å². The molecule has 0 aliphatic heterocycles. The van der Waals surface area contributed by atoms with Gasteiger partial charge in [0.1, 0.15) is 24.3 Å². The van der Waals surface area contributed by atoms with Crippen molar-refractivity contribution >= 4 is 23.0 Å². The molecule has 0 saturated carbocycles. The summed E-state index contributed by atoms with van der Waals surface area (Å²) in [6.45, 7) is 0.446. The van der Waals surface area contributed by atoms with Crippen LogP contribution >= 0.6 is 0 Å². The highest BCUT2D eigenvalue weighted by atomic mass is 16.7. The lowest BCUT2D eigenvalue weighted by Crippen LogP contribution is -2.25. The lowest BCUT2D eigenvalue weighted by molar-refractivity contribution is -0.144. The largest absolute Gasteiger partial charge is 0.467 e. The first-order chi connectivity index (χ1) is 15.8. The Morgan fingerprint density at radius 2 is 1.72 bits per heavy atom. The van der Waals surface area contributed by atoms with Gasteiger partial charge >= 0.3 is 5.97 Å². The first-order valence-corrected chi connectivity index (χ1v) is 10.1. The van der Waals surface area contributed by atoms with Crippen LogP contribution in [0.4, 0.5) is 5.82 Å². The SMILES string of the molecule is O=C(On1cnc2c(NCc3ccco3)ncnc21)C1c2ccccc2-c2ccccc21. The van der Waals surface area contributed by atoms with Crippen LogP contribution in [0.25, 0.3) is 22.3 Å². The average Bonchev–Trinajstić information content (AvgIpc) is 3.56. The van der Waals surface area contributed by atoms with Crippen molar-refractivity contribution in [1.82, 2.24) is 19.7 Å². The molecule has 0 amide bonds. The van der Waals surface area contributed by atoms with Crippen LogP contribution < -0.4 is 10.2 Å². The molecule has 156 valence electrons. The van der Waals surface area contributed by atoms with Gasteiger partial charge in [-0.1, -0.05) is 48.5 Å². The van der Waals surface area contributed by atoms with Gasteiger partial charge in [0, 0.05) is 0 Å². The van der Waals surface area contributed by atoms with Crippen LogP contribution in [0.3, 0.4) is 0 Å². The van der Waals surface area contributed by atoms with Crippen LogP contribution in [0.15, 0.2) is 84.0 Å². The number of hydrogen-bond donors (Lipinski definition) is 1. The fourth-order valence-corrected chi connectivity index (χ4v) is 4.15. The molecule has 6 rings (SSSR count). The summed E-state index contributed by atoms with van der Waals surface area (Å²) in [5, 5.41) is 3.18. The van der Waals surface area contributed by atoms with Crippen LogP contribution in [0.2, 0.25) is 0 Å². The molecule has 0 unspecified atom stereocenters. The first kappa shape index (κ1) is 18.3. The highest BCUT2D eigenvalue weighted by Gasteiger charge is 2.35. The summed E-state index contributed by atoms with van der Waals surface area (Å²) in [4.78, 5) is 31.9. The number of hydrogen-bond acceptors (Lipinski definition) is 7. The normalized spacial score (nSPS) is 12.5. The van der Waals surface area contributed by atoms with Gasteiger partial charge in [-0.25, -0.2) is 19.7 Å². The number of carbonyl (C=O) groups is 1. The fourth-order valence-electron chi connectivity index (χ4n) is 4.15. The third-order valence-corrected chi connectivity index (χ3v) is 5.57. The third-order valence-electron chi connectivity index (χ3n) is 5.57. The van der Waals surface area contributed by atoms with Crippen molar-refractivity contribution in [3.8, 4) is 11.1 Å². The smallest absolute Gasteiger partial charge is 0.344 e. The molecule has 3 aromatic heterocycles. The van der Waals surface area contributed by atoms with Gasteiger partial charge in [-0.3, -0.25) is 0 Å². The summed E-state index contributed by atoms with van der Waals surface area (Å²) in [5.41, 5.74) is 4.85. The topological polar surface area (TPSA) is 95.1 Å². The molecule has 5 aromatic rings. The molecule has 1 N–H and O–H groups in total. The van der Waals surface area contributed by atoms with E-state index in [4.69, 9.17) is 9.25 Å². The van der Waals surface area contributed by atoms with Gasteiger partial charge in [0.05, 0.1) is 12.8 Å². The summed E-state index contributed by atoms with van der Waals surface area (Å²) in [6, 6.07) is 19.5. The molecule has 1 aliphatic carbocycles. The average molecular weight is 423 g/mol. The van der Waals surface area contributed by atoms with Crippen LogP contribution in [-0.4, -0.2) is 25.7 Å². The Morgan fingerprint density at radius 1 is 0.969 bits per heavy atom. The molecule has 8 nitrogen and oxygen atoms in total. The van der Waals surface area contributed by atoms with E-state index >= 15 is 0 Å². The molecule has 32 heavy (non-hydrogen) atoms. The van der Waals surface area contributed by atoms with Gasteiger partial charge in [0.15, 0.2) is 11.3 Å². The number of anilines is 1. The standard InChI is InChI=1S/C24H17N5O3/c30-24(20-18-9-3-1-7-16(18)17-8-2-4-10-19(17)20)32-29-14-28-21-22(26-13-27-23(21)29)25-12-15-6-5-11-31-15/h1-11,13-14,20H,12H2,(H,25,26,27). The van der Waals surface area contributed by atoms with E-state index in [-0.39, 0.29) is 0 Å². The fraction of sp³-hybridized carbons (Fsp3) is 0.0833. The quantitative estimate of drug-likeness (QED) is 0.459. The van der Waals surface area contributed by atoms with Crippen molar-refractivity contribution in [2.24, 2.45) is 0 Å². The second-order valence-electron chi connectivity index (χ2n) is 7.42. The molecule has 2 aromatic carbocycles. The second kappa shape index (κ2) is 7.35. The molecule has 0 radical (unpaired) electrons. The van der Waals surface area contributed by atoms with Gasteiger partial charge in [-0.2, -0.15) is 0 Å². The molecule has 0 fully saturated rings. The molecular weight excluding hydrogens is 406 g/mol. The highest BCUT2D eigenvalue weighted by Crippen LogP contribution is 2.44. The minimum Gasteiger partial charge on any atom is -0.467 e. The Kier molecular flexibility index (Phi) is 4.21. The van der Waals surface area contributed by atoms with E-state index in [1.807, 2.05) is 60.7 Å². The number of carbonyl (C=O) groups excluding carboxylic acids is 1. The van der Waals surface area contributed by atoms with Crippen LogP contribution in [0, 0.1) is 0 Å². The molecular formula is C24H17N5O3. The molecule has 0 atom stereocenters. The minimum absolute atomic E-state index is 0.398. The predicted octanol–water partition coefficient (Wildman–Crippen LogP) is 3.80. The number of benzene rings is 2. The number of nitrogens with zero attached hydrogens (tertiary/aromatic N) is 4. The molecule has 1 aliphatic rings.